The zero-order valence-electron chi connectivity index (χ0n) is 15.0. The molecule has 2 heterocycles. The first kappa shape index (κ1) is 17.4. The Bertz CT molecular complexity index is 1310. The largest absolute Gasteiger partial charge is 0.472 e. The molecule has 0 saturated carbocycles. The Hall–Kier alpha value is -2.69. The second-order valence-corrected chi connectivity index (χ2v) is 7.71. The van der Waals surface area contributed by atoms with Crippen LogP contribution in [0.3, 0.4) is 0 Å². The molecule has 4 nitrogen and oxygen atoms in total. The van der Waals surface area contributed by atoms with Crippen LogP contribution in [-0.4, -0.2) is 6.73 Å². The van der Waals surface area contributed by atoms with E-state index in [1.54, 1.807) is 18.2 Å². The number of hydrogen-bond acceptors (Lipinski definition) is 4. The van der Waals surface area contributed by atoms with E-state index in [2.05, 4.69) is 0 Å². The SMILES string of the molecule is Cc1c2c(cc3c1oc(=O)c1ccccc13)CN(c1cc(Cl)ccc1Cl)CO2. The van der Waals surface area contributed by atoms with Crippen LogP contribution in [0.5, 0.6) is 5.75 Å². The van der Waals surface area contributed by atoms with Crippen LogP contribution in [0.4, 0.5) is 5.69 Å². The molecule has 1 aliphatic heterocycles. The van der Waals surface area contributed by atoms with Crippen molar-refractivity contribution in [1.82, 2.24) is 0 Å². The Labute approximate surface area is 170 Å². The van der Waals surface area contributed by atoms with Crippen molar-refractivity contribution < 1.29 is 9.15 Å². The van der Waals surface area contributed by atoms with Gasteiger partial charge in [0.05, 0.1) is 16.1 Å². The van der Waals surface area contributed by atoms with E-state index in [0.29, 0.717) is 34.3 Å². The van der Waals surface area contributed by atoms with Gasteiger partial charge in [-0.05, 0) is 42.6 Å². The van der Waals surface area contributed by atoms with Crippen molar-refractivity contribution in [3.05, 3.63) is 80.1 Å². The first-order valence-electron chi connectivity index (χ1n) is 8.84. The van der Waals surface area contributed by atoms with Crippen molar-refractivity contribution in [2.24, 2.45) is 0 Å². The lowest BCUT2D eigenvalue weighted by Crippen LogP contribution is -2.32. The summed E-state index contributed by atoms with van der Waals surface area (Å²) in [5.41, 5.74) is 2.88. The molecule has 0 fully saturated rings. The minimum Gasteiger partial charge on any atom is -0.472 e. The summed E-state index contributed by atoms with van der Waals surface area (Å²) in [5, 5.41) is 3.57. The first-order chi connectivity index (χ1) is 13.5. The molecular weight excluding hydrogens is 397 g/mol. The molecule has 0 bridgehead atoms. The summed E-state index contributed by atoms with van der Waals surface area (Å²) in [6, 6.07) is 14.9. The number of ether oxygens (including phenoxy) is 1. The predicted octanol–water partition coefficient (Wildman–Crippen LogP) is 5.92. The second-order valence-electron chi connectivity index (χ2n) is 6.87. The molecule has 0 atom stereocenters. The fourth-order valence-corrected chi connectivity index (χ4v) is 4.22. The van der Waals surface area contributed by atoms with Crippen LogP contribution in [0.15, 0.2) is 57.7 Å². The van der Waals surface area contributed by atoms with E-state index in [1.807, 2.05) is 42.2 Å². The third-order valence-corrected chi connectivity index (χ3v) is 5.70. The number of hydrogen-bond donors (Lipinski definition) is 0. The molecule has 0 saturated heterocycles. The highest BCUT2D eigenvalue weighted by atomic mass is 35.5. The number of benzene rings is 3. The van der Waals surface area contributed by atoms with E-state index >= 15 is 0 Å². The zero-order valence-corrected chi connectivity index (χ0v) is 16.5. The van der Waals surface area contributed by atoms with Crippen LogP contribution in [-0.2, 0) is 6.54 Å². The van der Waals surface area contributed by atoms with Gasteiger partial charge in [0.25, 0.3) is 0 Å². The third kappa shape index (κ3) is 2.64. The molecule has 28 heavy (non-hydrogen) atoms. The van der Waals surface area contributed by atoms with Crippen LogP contribution in [0.2, 0.25) is 10.0 Å². The van der Waals surface area contributed by atoms with Crippen molar-refractivity contribution >= 4 is 50.6 Å². The van der Waals surface area contributed by atoms with Gasteiger partial charge >= 0.3 is 5.63 Å². The molecule has 0 amide bonds. The number of anilines is 1. The fraction of sp³-hybridized carbons (Fsp3) is 0.136. The first-order valence-corrected chi connectivity index (χ1v) is 9.59. The summed E-state index contributed by atoms with van der Waals surface area (Å²) in [7, 11) is 0. The van der Waals surface area contributed by atoms with Gasteiger partial charge in [-0.2, -0.15) is 0 Å². The van der Waals surface area contributed by atoms with E-state index in [1.165, 1.54) is 0 Å². The van der Waals surface area contributed by atoms with Crippen LogP contribution in [0.1, 0.15) is 11.1 Å². The van der Waals surface area contributed by atoms with E-state index < -0.39 is 0 Å². The van der Waals surface area contributed by atoms with Gasteiger partial charge in [0.1, 0.15) is 11.3 Å². The van der Waals surface area contributed by atoms with Crippen molar-refractivity contribution in [2.75, 3.05) is 11.6 Å². The molecular formula is C22H15Cl2NO3. The minimum absolute atomic E-state index is 0.331. The molecule has 1 aliphatic rings. The molecule has 0 radical (unpaired) electrons. The summed E-state index contributed by atoms with van der Waals surface area (Å²) < 4.78 is 11.7. The Morgan fingerprint density at radius 2 is 1.79 bits per heavy atom. The summed E-state index contributed by atoms with van der Waals surface area (Å²) in [6.45, 7) is 2.86. The van der Waals surface area contributed by atoms with Crippen LogP contribution in [0, 0.1) is 6.92 Å². The lowest BCUT2D eigenvalue weighted by atomic mass is 10.00. The topological polar surface area (TPSA) is 42.7 Å². The monoisotopic (exact) mass is 411 g/mol. The molecule has 6 heteroatoms. The summed E-state index contributed by atoms with van der Waals surface area (Å²) >= 11 is 12.5. The van der Waals surface area contributed by atoms with Crippen molar-refractivity contribution in [2.45, 2.75) is 13.5 Å². The van der Waals surface area contributed by atoms with Crippen LogP contribution >= 0.6 is 23.2 Å². The van der Waals surface area contributed by atoms with Gasteiger partial charge in [0.15, 0.2) is 6.73 Å². The summed E-state index contributed by atoms with van der Waals surface area (Å²) in [5.74, 6) is 0.750. The van der Waals surface area contributed by atoms with Gasteiger partial charge in [-0.25, -0.2) is 4.79 Å². The van der Waals surface area contributed by atoms with Gasteiger partial charge in [-0.3, -0.25) is 0 Å². The lowest BCUT2D eigenvalue weighted by molar-refractivity contribution is 0.287. The molecule has 0 unspecified atom stereocenters. The van der Waals surface area contributed by atoms with Crippen molar-refractivity contribution in [3.63, 3.8) is 0 Å². The normalized spacial score (nSPS) is 13.6. The van der Waals surface area contributed by atoms with E-state index in [4.69, 9.17) is 32.4 Å². The van der Waals surface area contributed by atoms with Gasteiger partial charge in [-0.15, -0.1) is 0 Å². The Kier molecular flexibility index (Phi) is 4.00. The zero-order chi connectivity index (χ0) is 19.4. The van der Waals surface area contributed by atoms with E-state index in [-0.39, 0.29) is 5.63 Å². The smallest absolute Gasteiger partial charge is 0.344 e. The molecule has 3 aromatic carbocycles. The standard InChI is InChI=1S/C22H15Cl2NO3/c1-12-20-13(10-25(11-27-20)19-9-14(23)6-7-18(19)24)8-17-15-4-2-3-5-16(15)22(26)28-21(12)17/h2-9H,10-11H2,1H3. The molecule has 0 N–H and O–H groups in total. The number of rotatable bonds is 1. The van der Waals surface area contributed by atoms with E-state index in [0.717, 1.165) is 33.3 Å². The van der Waals surface area contributed by atoms with Gasteiger partial charge in [0, 0.05) is 28.1 Å². The summed E-state index contributed by atoms with van der Waals surface area (Å²) in [4.78, 5) is 14.4. The Balaban J connectivity index is 1.71. The quantitative estimate of drug-likeness (QED) is 0.288. The van der Waals surface area contributed by atoms with Crippen molar-refractivity contribution in [3.8, 4) is 5.75 Å². The van der Waals surface area contributed by atoms with Crippen molar-refractivity contribution in [1.29, 1.82) is 0 Å². The van der Waals surface area contributed by atoms with Gasteiger partial charge < -0.3 is 14.1 Å². The number of fused-ring (bicyclic) bond motifs is 4. The molecule has 0 aliphatic carbocycles. The molecule has 5 rings (SSSR count). The number of halogens is 2. The molecule has 4 aromatic rings. The minimum atomic E-state index is -0.339. The highest BCUT2D eigenvalue weighted by Gasteiger charge is 2.24. The maximum absolute atomic E-state index is 12.4. The van der Waals surface area contributed by atoms with Gasteiger partial charge in [-0.1, -0.05) is 41.4 Å². The molecule has 1 aromatic heterocycles. The molecule has 0 spiro atoms. The maximum atomic E-state index is 12.4. The average Bonchev–Trinajstić information content (AvgIpc) is 2.71. The van der Waals surface area contributed by atoms with E-state index in [9.17, 15) is 4.79 Å². The highest BCUT2D eigenvalue weighted by molar-refractivity contribution is 6.35. The average molecular weight is 412 g/mol. The van der Waals surface area contributed by atoms with Crippen LogP contribution < -0.4 is 15.3 Å². The second kappa shape index (κ2) is 6.43. The maximum Gasteiger partial charge on any atom is 0.344 e. The number of nitrogens with zero attached hydrogens (tertiary/aromatic N) is 1. The Morgan fingerprint density at radius 3 is 2.61 bits per heavy atom. The Morgan fingerprint density at radius 1 is 1.00 bits per heavy atom. The predicted molar refractivity (Wildman–Crippen MR) is 113 cm³/mol. The highest BCUT2D eigenvalue weighted by Crippen LogP contribution is 2.39. The van der Waals surface area contributed by atoms with Gasteiger partial charge in [0.2, 0.25) is 0 Å². The molecule has 140 valence electrons. The lowest BCUT2D eigenvalue weighted by Gasteiger charge is -2.32. The summed E-state index contributed by atoms with van der Waals surface area (Å²) in [6.07, 6.45) is 0. The fourth-order valence-electron chi connectivity index (χ4n) is 3.82. The number of aryl methyl sites for hydroxylation is 1. The third-order valence-electron chi connectivity index (χ3n) is 5.14. The van der Waals surface area contributed by atoms with Crippen LogP contribution in [0.25, 0.3) is 21.7 Å².